The van der Waals surface area contributed by atoms with Crippen LogP contribution in [0.15, 0.2) is 60.7 Å². The number of anilines is 1. The number of amides is 2. The number of methoxy groups -OCH3 is 1. The first kappa shape index (κ1) is 20.6. The molecule has 2 heterocycles. The molecule has 0 unspecified atom stereocenters. The molecule has 0 saturated heterocycles. The second kappa shape index (κ2) is 8.23. The first-order chi connectivity index (χ1) is 14.9. The maximum absolute atomic E-state index is 12.9. The molecule has 2 aromatic carbocycles. The number of benzene rings is 2. The number of rotatable bonds is 6. The number of H-pyrrole nitrogens is 1. The van der Waals surface area contributed by atoms with E-state index in [2.05, 4.69) is 20.8 Å². The van der Waals surface area contributed by atoms with Gasteiger partial charge in [-0.15, -0.1) is 11.3 Å². The van der Waals surface area contributed by atoms with Crippen LogP contribution in [0.25, 0.3) is 10.2 Å². The van der Waals surface area contributed by atoms with E-state index in [1.807, 2.05) is 44.2 Å². The molecule has 0 aliphatic carbocycles. The Morgan fingerprint density at radius 2 is 1.74 bits per heavy atom. The second-order valence-corrected chi connectivity index (χ2v) is 8.58. The number of nitrogens with zero attached hydrogens (tertiary/aromatic N) is 1. The van der Waals surface area contributed by atoms with Crippen LogP contribution in [0.1, 0.15) is 39.4 Å². The Labute approximate surface area is 183 Å². The van der Waals surface area contributed by atoms with E-state index in [0.29, 0.717) is 32.2 Å². The summed E-state index contributed by atoms with van der Waals surface area (Å²) < 4.78 is 5.25. The summed E-state index contributed by atoms with van der Waals surface area (Å²) in [6, 6.07) is 18.5. The van der Waals surface area contributed by atoms with Gasteiger partial charge < -0.3 is 15.4 Å². The van der Waals surface area contributed by atoms with E-state index in [0.717, 1.165) is 5.56 Å². The lowest BCUT2D eigenvalue weighted by Crippen LogP contribution is -2.40. The second-order valence-electron chi connectivity index (χ2n) is 7.53. The van der Waals surface area contributed by atoms with Crippen molar-refractivity contribution in [2.75, 3.05) is 12.4 Å². The minimum absolute atomic E-state index is 0.189. The van der Waals surface area contributed by atoms with Gasteiger partial charge in [-0.3, -0.25) is 14.7 Å². The number of para-hydroxylation sites is 1. The highest BCUT2D eigenvalue weighted by molar-refractivity contribution is 7.20. The van der Waals surface area contributed by atoms with Gasteiger partial charge in [0.15, 0.2) is 5.82 Å². The molecule has 0 saturated carbocycles. The van der Waals surface area contributed by atoms with E-state index < -0.39 is 5.54 Å². The molecule has 0 aliphatic rings. The van der Waals surface area contributed by atoms with Crippen LogP contribution >= 0.6 is 11.3 Å². The first-order valence-electron chi connectivity index (χ1n) is 9.69. The number of ether oxygens (including phenoxy) is 1. The summed E-state index contributed by atoms with van der Waals surface area (Å²) in [5.41, 5.74) is 0.880. The molecule has 0 aliphatic heterocycles. The molecule has 2 aromatic heterocycles. The van der Waals surface area contributed by atoms with Crippen LogP contribution in [-0.2, 0) is 5.54 Å². The van der Waals surface area contributed by atoms with Crippen LogP contribution in [0.5, 0.6) is 5.75 Å². The third-order valence-electron chi connectivity index (χ3n) is 4.99. The lowest BCUT2D eigenvalue weighted by Gasteiger charge is -2.26. The van der Waals surface area contributed by atoms with E-state index in [9.17, 15) is 9.59 Å². The zero-order chi connectivity index (χ0) is 22.0. The molecule has 0 bridgehead atoms. The minimum Gasteiger partial charge on any atom is -0.496 e. The summed E-state index contributed by atoms with van der Waals surface area (Å²) in [6.07, 6.45) is 0. The summed E-state index contributed by atoms with van der Waals surface area (Å²) in [5.74, 6) is 0.308. The average molecular weight is 435 g/mol. The molecule has 0 spiro atoms. The third-order valence-corrected chi connectivity index (χ3v) is 6.02. The van der Waals surface area contributed by atoms with E-state index in [-0.39, 0.29) is 11.8 Å². The zero-order valence-electron chi connectivity index (χ0n) is 17.4. The molecule has 4 rings (SSSR count). The van der Waals surface area contributed by atoms with Crippen LogP contribution in [0.2, 0.25) is 0 Å². The molecule has 0 radical (unpaired) electrons. The largest absolute Gasteiger partial charge is 0.496 e. The van der Waals surface area contributed by atoms with Crippen molar-refractivity contribution in [3.05, 3.63) is 76.7 Å². The topological polar surface area (TPSA) is 96.1 Å². The smallest absolute Gasteiger partial charge is 0.262 e. The van der Waals surface area contributed by atoms with Gasteiger partial charge in [0.25, 0.3) is 11.8 Å². The van der Waals surface area contributed by atoms with Gasteiger partial charge in [-0.2, -0.15) is 5.10 Å². The van der Waals surface area contributed by atoms with Crippen molar-refractivity contribution in [2.45, 2.75) is 19.4 Å². The Bertz CT molecular complexity index is 1240. The normalized spacial score (nSPS) is 11.3. The Morgan fingerprint density at radius 1 is 1.03 bits per heavy atom. The molecule has 31 heavy (non-hydrogen) atoms. The van der Waals surface area contributed by atoms with Crippen molar-refractivity contribution in [1.29, 1.82) is 0 Å². The van der Waals surface area contributed by atoms with Crippen molar-refractivity contribution in [3.8, 4) is 5.75 Å². The fourth-order valence-electron chi connectivity index (χ4n) is 3.30. The summed E-state index contributed by atoms with van der Waals surface area (Å²) >= 11 is 1.29. The summed E-state index contributed by atoms with van der Waals surface area (Å²) in [7, 11) is 1.51. The first-order valence-corrected chi connectivity index (χ1v) is 10.5. The van der Waals surface area contributed by atoms with Gasteiger partial charge in [0.05, 0.1) is 28.5 Å². The van der Waals surface area contributed by atoms with Crippen LogP contribution < -0.4 is 15.4 Å². The lowest BCUT2D eigenvalue weighted by atomic mass is 9.94. The highest BCUT2D eigenvalue weighted by atomic mass is 32.1. The number of thiophene rings is 1. The molecule has 2 amide bonds. The predicted octanol–water partition coefficient (Wildman–Crippen LogP) is 4.55. The molecule has 0 atom stereocenters. The minimum atomic E-state index is -0.533. The maximum atomic E-state index is 12.9. The highest BCUT2D eigenvalue weighted by Gasteiger charge is 2.25. The predicted molar refractivity (Wildman–Crippen MR) is 122 cm³/mol. The van der Waals surface area contributed by atoms with Crippen molar-refractivity contribution in [2.24, 2.45) is 0 Å². The number of aromatic amines is 1. The van der Waals surface area contributed by atoms with Gasteiger partial charge in [-0.1, -0.05) is 42.5 Å². The van der Waals surface area contributed by atoms with Gasteiger partial charge in [0.2, 0.25) is 0 Å². The molecular weight excluding hydrogens is 412 g/mol. The Balaban J connectivity index is 1.55. The van der Waals surface area contributed by atoms with Gasteiger partial charge in [-0.25, -0.2) is 0 Å². The van der Waals surface area contributed by atoms with Gasteiger partial charge in [0.1, 0.15) is 10.6 Å². The van der Waals surface area contributed by atoms with Crippen molar-refractivity contribution in [3.63, 3.8) is 0 Å². The molecule has 158 valence electrons. The number of hydrogen-bond donors (Lipinski definition) is 3. The molecule has 7 nitrogen and oxygen atoms in total. The fourth-order valence-corrected chi connectivity index (χ4v) is 4.20. The van der Waals surface area contributed by atoms with Crippen molar-refractivity contribution < 1.29 is 14.3 Å². The Kier molecular flexibility index (Phi) is 5.48. The van der Waals surface area contributed by atoms with E-state index in [1.165, 1.54) is 18.4 Å². The van der Waals surface area contributed by atoms with E-state index in [1.54, 1.807) is 30.3 Å². The number of aromatic nitrogens is 2. The van der Waals surface area contributed by atoms with Gasteiger partial charge in [-0.05, 0) is 37.6 Å². The van der Waals surface area contributed by atoms with Gasteiger partial charge >= 0.3 is 0 Å². The standard InChI is InChI=1S/C23H22N4O3S/c1-23(2,14-9-5-4-6-10-14)25-21(29)18-13-16-19(26-27-22(16)31-18)24-20(28)15-11-7-8-12-17(15)30-3/h4-13H,1-3H3,(H,25,29)(H2,24,26,27,28). The van der Waals surface area contributed by atoms with Crippen molar-refractivity contribution >= 4 is 39.2 Å². The zero-order valence-corrected chi connectivity index (χ0v) is 18.2. The van der Waals surface area contributed by atoms with E-state index in [4.69, 9.17) is 4.74 Å². The van der Waals surface area contributed by atoms with Crippen LogP contribution in [-0.4, -0.2) is 29.1 Å². The molecular formula is C23H22N4O3S. The number of carbonyl (C=O) groups excluding carboxylic acids is 2. The van der Waals surface area contributed by atoms with Crippen molar-refractivity contribution in [1.82, 2.24) is 15.5 Å². The molecule has 3 N–H and O–H groups in total. The summed E-state index contributed by atoms with van der Waals surface area (Å²) in [4.78, 5) is 26.8. The highest BCUT2D eigenvalue weighted by Crippen LogP contribution is 2.31. The third kappa shape index (κ3) is 4.15. The number of fused-ring (bicyclic) bond motifs is 1. The summed E-state index contributed by atoms with van der Waals surface area (Å²) in [6.45, 7) is 3.92. The average Bonchev–Trinajstić information content (AvgIpc) is 3.36. The van der Waals surface area contributed by atoms with Crippen LogP contribution in [0, 0.1) is 0 Å². The number of carbonyl (C=O) groups is 2. The maximum Gasteiger partial charge on any atom is 0.262 e. The monoisotopic (exact) mass is 434 g/mol. The van der Waals surface area contributed by atoms with E-state index >= 15 is 0 Å². The molecule has 0 fully saturated rings. The molecule has 8 heteroatoms. The van der Waals surface area contributed by atoms with Gasteiger partial charge in [0, 0.05) is 0 Å². The summed E-state index contributed by atoms with van der Waals surface area (Å²) in [5, 5.41) is 13.6. The number of hydrogen-bond acceptors (Lipinski definition) is 5. The Morgan fingerprint density at radius 3 is 2.48 bits per heavy atom. The van der Waals surface area contributed by atoms with Crippen LogP contribution in [0.4, 0.5) is 5.82 Å². The molecule has 4 aromatic rings. The Hall–Kier alpha value is -3.65. The fraction of sp³-hybridized carbons (Fsp3) is 0.174. The SMILES string of the molecule is COc1ccccc1C(=O)Nc1n[nH]c2sc(C(=O)NC(C)(C)c3ccccc3)cc12. The lowest BCUT2D eigenvalue weighted by molar-refractivity contribution is 0.0915. The number of nitrogens with one attached hydrogen (secondary N) is 3. The quantitative estimate of drug-likeness (QED) is 0.415. The van der Waals surface area contributed by atoms with Crippen LogP contribution in [0.3, 0.4) is 0 Å².